The van der Waals surface area contributed by atoms with Crippen molar-refractivity contribution in [2.24, 2.45) is 0 Å². The summed E-state index contributed by atoms with van der Waals surface area (Å²) in [5.41, 5.74) is 0. The lowest BCUT2D eigenvalue weighted by Gasteiger charge is -2.34. The number of nitrogens with zero attached hydrogens (tertiary/aromatic N) is 4. The van der Waals surface area contributed by atoms with E-state index in [0.29, 0.717) is 6.54 Å². The zero-order chi connectivity index (χ0) is 14.5. The smallest absolute Gasteiger partial charge is 0.234 e. The maximum Gasteiger partial charge on any atom is 0.234 e. The van der Waals surface area contributed by atoms with Crippen LogP contribution >= 0.6 is 22.6 Å². The Labute approximate surface area is 133 Å². The lowest BCUT2D eigenvalue weighted by molar-refractivity contribution is -0.122. The van der Waals surface area contributed by atoms with Crippen molar-refractivity contribution in [1.82, 2.24) is 20.4 Å². The lowest BCUT2D eigenvalue weighted by Crippen LogP contribution is -2.50. The van der Waals surface area contributed by atoms with Gasteiger partial charge >= 0.3 is 0 Å². The van der Waals surface area contributed by atoms with Crippen molar-refractivity contribution < 1.29 is 4.79 Å². The van der Waals surface area contributed by atoms with Crippen LogP contribution in [0.2, 0.25) is 0 Å². The van der Waals surface area contributed by atoms with E-state index in [1.54, 1.807) is 6.20 Å². The summed E-state index contributed by atoms with van der Waals surface area (Å²) in [7, 11) is 0. The molecule has 2 heterocycles. The quantitative estimate of drug-likeness (QED) is 0.770. The largest absolute Gasteiger partial charge is 0.353 e. The van der Waals surface area contributed by atoms with Gasteiger partial charge in [-0.1, -0.05) is 0 Å². The van der Waals surface area contributed by atoms with Gasteiger partial charge < -0.3 is 10.2 Å². The van der Waals surface area contributed by atoms with Crippen molar-refractivity contribution in [3.63, 3.8) is 0 Å². The molecule has 0 bridgehead atoms. The number of hydrogen-bond acceptors (Lipinski definition) is 5. The average Bonchev–Trinajstić information content (AvgIpc) is 2.38. The molecular formula is C13H20IN5O. The van der Waals surface area contributed by atoms with Crippen LogP contribution in [0.25, 0.3) is 0 Å². The Morgan fingerprint density at radius 3 is 2.70 bits per heavy atom. The van der Waals surface area contributed by atoms with Gasteiger partial charge in [0.15, 0.2) is 5.82 Å². The molecule has 1 amide bonds. The van der Waals surface area contributed by atoms with Crippen LogP contribution in [-0.4, -0.2) is 59.8 Å². The maximum absolute atomic E-state index is 11.7. The molecule has 1 aromatic heterocycles. The van der Waals surface area contributed by atoms with Gasteiger partial charge in [-0.25, -0.2) is 0 Å². The van der Waals surface area contributed by atoms with Crippen LogP contribution in [-0.2, 0) is 4.79 Å². The molecular weight excluding hydrogens is 369 g/mol. The molecule has 110 valence electrons. The summed E-state index contributed by atoms with van der Waals surface area (Å²) in [6.45, 7) is 7.94. The van der Waals surface area contributed by atoms with Crippen molar-refractivity contribution >= 4 is 34.3 Å². The minimum atomic E-state index is 0.0995. The van der Waals surface area contributed by atoms with Gasteiger partial charge in [0, 0.05) is 35.8 Å². The highest BCUT2D eigenvalue weighted by Gasteiger charge is 2.20. The molecule has 0 aliphatic carbocycles. The van der Waals surface area contributed by atoms with E-state index in [1.807, 2.05) is 19.9 Å². The molecule has 1 aliphatic heterocycles. The van der Waals surface area contributed by atoms with Crippen LogP contribution in [0.5, 0.6) is 0 Å². The number of anilines is 1. The summed E-state index contributed by atoms with van der Waals surface area (Å²) in [5.74, 6) is 1.02. The van der Waals surface area contributed by atoms with Gasteiger partial charge in [-0.2, -0.15) is 5.10 Å². The number of amides is 1. The van der Waals surface area contributed by atoms with Gasteiger partial charge in [-0.15, -0.1) is 5.10 Å². The zero-order valence-electron chi connectivity index (χ0n) is 11.8. The maximum atomic E-state index is 11.7. The SMILES string of the molecule is CC(C)NC(=O)CN1CCN(c2cc(I)cnn2)CC1. The van der Waals surface area contributed by atoms with Gasteiger partial charge in [0.1, 0.15) is 0 Å². The lowest BCUT2D eigenvalue weighted by atomic mass is 10.3. The number of halogens is 1. The Morgan fingerprint density at radius 2 is 2.10 bits per heavy atom. The number of nitrogens with one attached hydrogen (secondary N) is 1. The van der Waals surface area contributed by atoms with Gasteiger partial charge in [0.2, 0.25) is 5.91 Å². The molecule has 1 fully saturated rings. The molecule has 20 heavy (non-hydrogen) atoms. The fourth-order valence-corrected chi connectivity index (χ4v) is 2.60. The van der Waals surface area contributed by atoms with E-state index < -0.39 is 0 Å². The first-order valence-electron chi connectivity index (χ1n) is 6.79. The van der Waals surface area contributed by atoms with Crippen LogP contribution in [0.1, 0.15) is 13.8 Å². The molecule has 2 rings (SSSR count). The molecule has 1 aliphatic rings. The van der Waals surface area contributed by atoms with E-state index in [2.05, 4.69) is 47.9 Å². The van der Waals surface area contributed by atoms with Gasteiger partial charge in [0.05, 0.1) is 12.7 Å². The minimum absolute atomic E-state index is 0.0995. The number of piperazine rings is 1. The third-order valence-corrected chi connectivity index (χ3v) is 3.71. The molecule has 0 radical (unpaired) electrons. The van der Waals surface area contributed by atoms with Gasteiger partial charge in [-0.05, 0) is 42.5 Å². The van der Waals surface area contributed by atoms with Crippen LogP contribution in [0.4, 0.5) is 5.82 Å². The Balaban J connectivity index is 1.82. The number of hydrogen-bond donors (Lipinski definition) is 1. The summed E-state index contributed by atoms with van der Waals surface area (Å²) in [6.07, 6.45) is 1.75. The fourth-order valence-electron chi connectivity index (χ4n) is 2.19. The van der Waals surface area contributed by atoms with E-state index in [1.165, 1.54) is 0 Å². The van der Waals surface area contributed by atoms with Crippen molar-refractivity contribution in [3.8, 4) is 0 Å². The number of aromatic nitrogens is 2. The molecule has 1 saturated heterocycles. The first kappa shape index (κ1) is 15.4. The van der Waals surface area contributed by atoms with E-state index in [4.69, 9.17) is 0 Å². The molecule has 0 aromatic carbocycles. The van der Waals surface area contributed by atoms with Crippen molar-refractivity contribution in [3.05, 3.63) is 15.8 Å². The van der Waals surface area contributed by atoms with Crippen LogP contribution < -0.4 is 10.2 Å². The Morgan fingerprint density at radius 1 is 1.40 bits per heavy atom. The van der Waals surface area contributed by atoms with Crippen molar-refractivity contribution in [2.75, 3.05) is 37.6 Å². The summed E-state index contributed by atoms with van der Waals surface area (Å²) < 4.78 is 1.09. The fraction of sp³-hybridized carbons (Fsp3) is 0.615. The van der Waals surface area contributed by atoms with Crippen LogP contribution in [0.15, 0.2) is 12.3 Å². The predicted octanol–water partition coefficient (Wildman–Crippen LogP) is 0.728. The third-order valence-electron chi connectivity index (χ3n) is 3.12. The average molecular weight is 389 g/mol. The van der Waals surface area contributed by atoms with E-state index in [-0.39, 0.29) is 11.9 Å². The number of rotatable bonds is 4. The van der Waals surface area contributed by atoms with E-state index in [0.717, 1.165) is 35.6 Å². The summed E-state index contributed by atoms with van der Waals surface area (Å²) in [6, 6.07) is 2.24. The van der Waals surface area contributed by atoms with E-state index >= 15 is 0 Å². The molecule has 0 atom stereocenters. The van der Waals surface area contributed by atoms with E-state index in [9.17, 15) is 4.79 Å². The highest BCUT2D eigenvalue weighted by Crippen LogP contribution is 2.14. The summed E-state index contributed by atoms with van der Waals surface area (Å²) >= 11 is 2.24. The Kier molecular flexibility index (Phi) is 5.53. The molecule has 0 unspecified atom stereocenters. The first-order valence-corrected chi connectivity index (χ1v) is 7.87. The van der Waals surface area contributed by atoms with Crippen molar-refractivity contribution in [1.29, 1.82) is 0 Å². The Hall–Kier alpha value is -0.960. The molecule has 0 spiro atoms. The Bertz CT molecular complexity index is 460. The third kappa shape index (κ3) is 4.55. The molecule has 0 saturated carbocycles. The normalized spacial score (nSPS) is 16.5. The summed E-state index contributed by atoms with van der Waals surface area (Å²) in [5, 5.41) is 11.1. The zero-order valence-corrected chi connectivity index (χ0v) is 14.0. The molecule has 1 aromatic rings. The highest BCUT2D eigenvalue weighted by atomic mass is 127. The van der Waals surface area contributed by atoms with Crippen LogP contribution in [0, 0.1) is 3.57 Å². The topological polar surface area (TPSA) is 61.4 Å². The summed E-state index contributed by atoms with van der Waals surface area (Å²) in [4.78, 5) is 16.1. The number of carbonyl (C=O) groups is 1. The highest BCUT2D eigenvalue weighted by molar-refractivity contribution is 14.1. The minimum Gasteiger partial charge on any atom is -0.353 e. The molecule has 6 nitrogen and oxygen atoms in total. The monoisotopic (exact) mass is 389 g/mol. The standard InChI is InChI=1S/C13H20IN5O/c1-10(2)16-13(20)9-18-3-5-19(6-4-18)12-7-11(14)8-15-17-12/h7-8,10H,3-6,9H2,1-2H3,(H,16,20). The van der Waals surface area contributed by atoms with Gasteiger partial charge in [0.25, 0.3) is 0 Å². The molecule has 1 N–H and O–H groups in total. The second-order valence-electron chi connectivity index (χ2n) is 5.22. The van der Waals surface area contributed by atoms with Crippen LogP contribution in [0.3, 0.4) is 0 Å². The van der Waals surface area contributed by atoms with Gasteiger partial charge in [-0.3, -0.25) is 9.69 Å². The number of carbonyl (C=O) groups excluding carboxylic acids is 1. The van der Waals surface area contributed by atoms with Crippen molar-refractivity contribution in [2.45, 2.75) is 19.9 Å². The second-order valence-corrected chi connectivity index (χ2v) is 6.46. The second kappa shape index (κ2) is 7.16. The molecule has 7 heteroatoms. The first-order chi connectivity index (χ1) is 9.54. The predicted molar refractivity (Wildman–Crippen MR) is 86.7 cm³/mol.